The zero-order valence-corrected chi connectivity index (χ0v) is 13.6. The summed E-state index contributed by atoms with van der Waals surface area (Å²) in [5.41, 5.74) is 1.06. The number of halogens is 1. The van der Waals surface area contributed by atoms with Crippen LogP contribution < -0.4 is 0 Å². The van der Waals surface area contributed by atoms with Gasteiger partial charge >= 0.3 is 5.97 Å². The predicted octanol–water partition coefficient (Wildman–Crippen LogP) is 3.07. The molecule has 1 aromatic rings. The van der Waals surface area contributed by atoms with Gasteiger partial charge in [-0.3, -0.25) is 9.59 Å². The number of aryl methyl sites for hydroxylation is 1. The van der Waals surface area contributed by atoms with E-state index in [0.29, 0.717) is 31.0 Å². The highest BCUT2D eigenvalue weighted by molar-refractivity contribution is 6.30. The molecule has 0 N–H and O–H groups in total. The Morgan fingerprint density at radius 2 is 2.23 bits per heavy atom. The van der Waals surface area contributed by atoms with Crippen LogP contribution in [0.1, 0.15) is 31.7 Å². The summed E-state index contributed by atoms with van der Waals surface area (Å²) in [4.78, 5) is 25.9. The molecule has 0 radical (unpaired) electrons. The average molecular weight is 324 g/mol. The number of piperidine rings is 1. The van der Waals surface area contributed by atoms with Crippen LogP contribution in [0.5, 0.6) is 0 Å². The highest BCUT2D eigenvalue weighted by Crippen LogP contribution is 2.19. The van der Waals surface area contributed by atoms with Crippen LogP contribution in [0, 0.1) is 5.92 Å². The summed E-state index contributed by atoms with van der Waals surface area (Å²) in [6, 6.07) is 7.56. The molecular formula is C17H22ClNO3. The molecule has 0 bridgehead atoms. The summed E-state index contributed by atoms with van der Waals surface area (Å²) in [5, 5.41) is 0.685. The highest BCUT2D eigenvalue weighted by atomic mass is 35.5. The van der Waals surface area contributed by atoms with Crippen LogP contribution in [0.2, 0.25) is 5.02 Å². The third-order valence-electron chi connectivity index (χ3n) is 3.91. The number of esters is 1. The van der Waals surface area contributed by atoms with Gasteiger partial charge in [-0.1, -0.05) is 23.7 Å². The molecule has 4 nitrogen and oxygen atoms in total. The summed E-state index contributed by atoms with van der Waals surface area (Å²) in [5.74, 6) is -0.271. The Morgan fingerprint density at radius 1 is 1.41 bits per heavy atom. The Hall–Kier alpha value is -1.55. The molecule has 1 aliphatic rings. The molecule has 1 aliphatic heterocycles. The first kappa shape index (κ1) is 16.8. The van der Waals surface area contributed by atoms with E-state index in [2.05, 4.69) is 0 Å². The van der Waals surface area contributed by atoms with Gasteiger partial charge in [-0.15, -0.1) is 0 Å². The maximum absolute atomic E-state index is 12.3. The Bertz CT molecular complexity index is 532. The van der Waals surface area contributed by atoms with Crippen LogP contribution in [0.4, 0.5) is 0 Å². The first-order chi connectivity index (χ1) is 10.6. The number of rotatable bonds is 5. The Kier molecular flexibility index (Phi) is 6.25. The first-order valence-electron chi connectivity index (χ1n) is 7.79. The molecule has 1 atom stereocenters. The molecule has 0 spiro atoms. The number of hydrogen-bond acceptors (Lipinski definition) is 3. The fraction of sp³-hybridized carbons (Fsp3) is 0.529. The van der Waals surface area contributed by atoms with Crippen molar-refractivity contribution in [1.82, 2.24) is 4.90 Å². The van der Waals surface area contributed by atoms with E-state index in [9.17, 15) is 9.59 Å². The summed E-state index contributed by atoms with van der Waals surface area (Å²) < 4.78 is 5.06. The van der Waals surface area contributed by atoms with Gasteiger partial charge in [0.1, 0.15) is 0 Å². The average Bonchev–Trinajstić information content (AvgIpc) is 2.53. The van der Waals surface area contributed by atoms with E-state index in [-0.39, 0.29) is 17.8 Å². The van der Waals surface area contributed by atoms with Crippen molar-refractivity contribution in [3.05, 3.63) is 34.9 Å². The number of ether oxygens (including phenoxy) is 1. The predicted molar refractivity (Wildman–Crippen MR) is 85.7 cm³/mol. The van der Waals surface area contributed by atoms with Gasteiger partial charge in [0.2, 0.25) is 5.91 Å². The zero-order chi connectivity index (χ0) is 15.9. The van der Waals surface area contributed by atoms with E-state index in [1.165, 1.54) is 0 Å². The van der Waals surface area contributed by atoms with E-state index in [4.69, 9.17) is 16.3 Å². The summed E-state index contributed by atoms with van der Waals surface area (Å²) in [6.45, 7) is 3.39. The number of amides is 1. The lowest BCUT2D eigenvalue weighted by atomic mass is 9.97. The third-order valence-corrected chi connectivity index (χ3v) is 4.15. The molecule has 22 heavy (non-hydrogen) atoms. The van der Waals surface area contributed by atoms with Crippen molar-refractivity contribution in [3.8, 4) is 0 Å². The van der Waals surface area contributed by atoms with Crippen LogP contribution in [0.25, 0.3) is 0 Å². The molecular weight excluding hydrogens is 302 g/mol. The molecule has 1 heterocycles. The van der Waals surface area contributed by atoms with E-state index >= 15 is 0 Å². The number of hydrogen-bond donors (Lipinski definition) is 0. The van der Waals surface area contributed by atoms with Crippen LogP contribution in [-0.4, -0.2) is 36.5 Å². The second-order valence-electron chi connectivity index (χ2n) is 5.56. The van der Waals surface area contributed by atoms with Gasteiger partial charge in [-0.2, -0.15) is 0 Å². The van der Waals surface area contributed by atoms with Crippen LogP contribution in [-0.2, 0) is 20.7 Å². The summed E-state index contributed by atoms with van der Waals surface area (Å²) in [6.07, 6.45) is 2.76. The Balaban J connectivity index is 1.85. The minimum atomic E-state index is -0.185. The molecule has 1 aromatic carbocycles. The molecule has 0 saturated carbocycles. The highest BCUT2D eigenvalue weighted by Gasteiger charge is 2.28. The lowest BCUT2D eigenvalue weighted by Gasteiger charge is -2.31. The van der Waals surface area contributed by atoms with Gasteiger partial charge < -0.3 is 9.64 Å². The molecule has 2 rings (SSSR count). The van der Waals surface area contributed by atoms with Gasteiger partial charge in [-0.05, 0) is 43.9 Å². The van der Waals surface area contributed by atoms with Crippen molar-refractivity contribution in [2.45, 2.75) is 32.6 Å². The SMILES string of the molecule is CCOC(=O)C1CCCN(C(=O)CCc2cccc(Cl)c2)C1. The van der Waals surface area contributed by atoms with E-state index in [0.717, 1.165) is 24.9 Å². The van der Waals surface area contributed by atoms with E-state index in [1.54, 1.807) is 11.8 Å². The molecule has 1 unspecified atom stereocenters. The number of benzene rings is 1. The van der Waals surface area contributed by atoms with Gasteiger partial charge in [0.15, 0.2) is 0 Å². The standard InChI is InChI=1S/C17H22ClNO3/c1-2-22-17(21)14-6-4-10-19(12-14)16(20)9-8-13-5-3-7-15(18)11-13/h3,5,7,11,14H,2,4,6,8-10,12H2,1H3. The Labute approximate surface area is 136 Å². The maximum atomic E-state index is 12.3. The number of likely N-dealkylation sites (tertiary alicyclic amines) is 1. The van der Waals surface area contributed by atoms with Crippen LogP contribution >= 0.6 is 11.6 Å². The lowest BCUT2D eigenvalue weighted by molar-refractivity contribution is -0.151. The van der Waals surface area contributed by atoms with Crippen molar-refractivity contribution in [2.75, 3.05) is 19.7 Å². The molecule has 5 heteroatoms. The van der Waals surface area contributed by atoms with Crippen molar-refractivity contribution in [2.24, 2.45) is 5.92 Å². The minimum absolute atomic E-state index is 0.0916. The maximum Gasteiger partial charge on any atom is 0.310 e. The third kappa shape index (κ3) is 4.73. The monoisotopic (exact) mass is 323 g/mol. The zero-order valence-electron chi connectivity index (χ0n) is 12.9. The topological polar surface area (TPSA) is 46.6 Å². The smallest absolute Gasteiger partial charge is 0.310 e. The van der Waals surface area contributed by atoms with Crippen molar-refractivity contribution in [3.63, 3.8) is 0 Å². The van der Waals surface area contributed by atoms with E-state index in [1.807, 2.05) is 24.3 Å². The van der Waals surface area contributed by atoms with Crippen molar-refractivity contribution < 1.29 is 14.3 Å². The largest absolute Gasteiger partial charge is 0.466 e. The fourth-order valence-corrected chi connectivity index (χ4v) is 2.97. The first-order valence-corrected chi connectivity index (χ1v) is 8.16. The van der Waals surface area contributed by atoms with Gasteiger partial charge in [0.05, 0.1) is 12.5 Å². The minimum Gasteiger partial charge on any atom is -0.466 e. The second kappa shape index (κ2) is 8.18. The number of carbonyl (C=O) groups is 2. The van der Waals surface area contributed by atoms with E-state index < -0.39 is 0 Å². The van der Waals surface area contributed by atoms with Gasteiger partial charge in [-0.25, -0.2) is 0 Å². The van der Waals surface area contributed by atoms with Crippen LogP contribution in [0.15, 0.2) is 24.3 Å². The molecule has 1 fully saturated rings. The number of carbonyl (C=O) groups excluding carboxylic acids is 2. The molecule has 120 valence electrons. The fourth-order valence-electron chi connectivity index (χ4n) is 2.76. The summed E-state index contributed by atoms with van der Waals surface area (Å²) >= 11 is 5.95. The quantitative estimate of drug-likeness (QED) is 0.782. The molecule has 1 saturated heterocycles. The van der Waals surface area contributed by atoms with Crippen molar-refractivity contribution >= 4 is 23.5 Å². The molecule has 1 amide bonds. The Morgan fingerprint density at radius 3 is 2.95 bits per heavy atom. The summed E-state index contributed by atoms with van der Waals surface area (Å²) in [7, 11) is 0. The van der Waals surface area contributed by atoms with Crippen LogP contribution in [0.3, 0.4) is 0 Å². The molecule has 0 aromatic heterocycles. The van der Waals surface area contributed by atoms with Crippen molar-refractivity contribution in [1.29, 1.82) is 0 Å². The molecule has 0 aliphatic carbocycles. The number of nitrogens with zero attached hydrogens (tertiary/aromatic N) is 1. The second-order valence-corrected chi connectivity index (χ2v) is 6.00. The van der Waals surface area contributed by atoms with Gasteiger partial charge in [0.25, 0.3) is 0 Å². The lowest BCUT2D eigenvalue weighted by Crippen LogP contribution is -2.42. The van der Waals surface area contributed by atoms with Gasteiger partial charge in [0, 0.05) is 24.5 Å². The normalized spacial score (nSPS) is 18.1.